The maximum atomic E-state index is 5.83. The molecule has 0 amide bonds. The van der Waals surface area contributed by atoms with E-state index in [9.17, 15) is 0 Å². The van der Waals surface area contributed by atoms with Crippen molar-refractivity contribution >= 4 is 11.4 Å². The summed E-state index contributed by atoms with van der Waals surface area (Å²) >= 11 is 0. The highest BCUT2D eigenvalue weighted by Crippen LogP contribution is 2.33. The van der Waals surface area contributed by atoms with Crippen molar-refractivity contribution in [1.29, 1.82) is 0 Å². The van der Waals surface area contributed by atoms with Gasteiger partial charge in [0.15, 0.2) is 0 Å². The Balaban J connectivity index is 2.17. The van der Waals surface area contributed by atoms with E-state index in [2.05, 4.69) is 63.2 Å². The second-order valence-corrected chi connectivity index (χ2v) is 7.29. The first-order valence-electron chi connectivity index (χ1n) is 8.20. The van der Waals surface area contributed by atoms with E-state index in [1.807, 2.05) is 24.3 Å². The topological polar surface area (TPSA) is 52.0 Å². The highest BCUT2D eigenvalue weighted by atomic mass is 14.5. The van der Waals surface area contributed by atoms with Gasteiger partial charge >= 0.3 is 0 Å². The van der Waals surface area contributed by atoms with Gasteiger partial charge in [0.1, 0.15) is 0 Å². The lowest BCUT2D eigenvalue weighted by atomic mass is 9.83. The third-order valence-corrected chi connectivity index (χ3v) is 4.29. The molecule has 0 spiro atoms. The summed E-state index contributed by atoms with van der Waals surface area (Å²) in [5, 5.41) is 0. The Bertz CT molecular complexity index is 775. The Hall–Kier alpha value is -2.74. The molecule has 0 fully saturated rings. The second kappa shape index (κ2) is 6.04. The van der Waals surface area contributed by atoms with Crippen molar-refractivity contribution in [3.63, 3.8) is 0 Å². The zero-order chi connectivity index (χ0) is 17.3. The molecule has 0 bridgehead atoms. The average molecular weight is 316 g/mol. The quantitative estimate of drug-likeness (QED) is 0.615. The van der Waals surface area contributed by atoms with Crippen molar-refractivity contribution in [2.45, 2.75) is 26.2 Å². The predicted octanol–water partition coefficient (Wildman–Crippen LogP) is 5.48. The fourth-order valence-electron chi connectivity index (χ4n) is 2.75. The number of nitrogen functional groups attached to an aromatic ring is 2. The minimum atomic E-state index is 0.0758. The molecule has 0 saturated heterocycles. The molecule has 2 nitrogen and oxygen atoms in total. The molecule has 0 aliphatic heterocycles. The normalized spacial score (nSPS) is 11.5. The van der Waals surface area contributed by atoms with Crippen molar-refractivity contribution in [3.05, 3.63) is 72.3 Å². The van der Waals surface area contributed by atoms with Gasteiger partial charge in [-0.05, 0) is 63.6 Å². The maximum Gasteiger partial charge on any atom is 0.0314 e. The molecule has 3 rings (SSSR count). The van der Waals surface area contributed by atoms with E-state index >= 15 is 0 Å². The summed E-state index contributed by atoms with van der Waals surface area (Å²) in [7, 11) is 0. The lowest BCUT2D eigenvalue weighted by Crippen LogP contribution is -2.11. The SMILES string of the molecule is CC(C)(C)c1cc(-c2ccc(N)cc2)cc(-c2ccc(N)cc2)c1. The first-order chi connectivity index (χ1) is 11.3. The fraction of sp³-hybridized carbons (Fsp3) is 0.182. The summed E-state index contributed by atoms with van der Waals surface area (Å²) < 4.78 is 0. The summed E-state index contributed by atoms with van der Waals surface area (Å²) in [6.45, 7) is 6.71. The third-order valence-electron chi connectivity index (χ3n) is 4.29. The van der Waals surface area contributed by atoms with Crippen LogP contribution in [0.1, 0.15) is 26.3 Å². The van der Waals surface area contributed by atoms with E-state index < -0.39 is 0 Å². The number of hydrogen-bond donors (Lipinski definition) is 2. The molecule has 0 aliphatic carbocycles. The van der Waals surface area contributed by atoms with Crippen LogP contribution in [0.4, 0.5) is 11.4 Å². The van der Waals surface area contributed by atoms with Crippen LogP contribution in [0.2, 0.25) is 0 Å². The van der Waals surface area contributed by atoms with E-state index in [-0.39, 0.29) is 5.41 Å². The molecule has 2 heteroatoms. The van der Waals surface area contributed by atoms with Gasteiger partial charge in [0, 0.05) is 11.4 Å². The van der Waals surface area contributed by atoms with E-state index in [4.69, 9.17) is 11.5 Å². The van der Waals surface area contributed by atoms with Crippen LogP contribution >= 0.6 is 0 Å². The van der Waals surface area contributed by atoms with Crippen molar-refractivity contribution in [1.82, 2.24) is 0 Å². The van der Waals surface area contributed by atoms with Crippen LogP contribution in [0.15, 0.2) is 66.7 Å². The minimum absolute atomic E-state index is 0.0758. The standard InChI is InChI=1S/C22H24N2/c1-22(2,3)19-13-17(15-4-8-20(23)9-5-15)12-18(14-19)16-6-10-21(24)11-7-16/h4-14H,23-24H2,1-3H3. The third kappa shape index (κ3) is 3.43. The van der Waals surface area contributed by atoms with Crippen molar-refractivity contribution < 1.29 is 0 Å². The van der Waals surface area contributed by atoms with Gasteiger partial charge in [0.2, 0.25) is 0 Å². The number of hydrogen-bond acceptors (Lipinski definition) is 2. The molecule has 0 aromatic heterocycles. The Kier molecular flexibility index (Phi) is 4.06. The zero-order valence-electron chi connectivity index (χ0n) is 14.5. The van der Waals surface area contributed by atoms with Crippen molar-refractivity contribution in [3.8, 4) is 22.3 Å². The van der Waals surface area contributed by atoms with Gasteiger partial charge in [0.05, 0.1) is 0 Å². The molecule has 24 heavy (non-hydrogen) atoms. The predicted molar refractivity (Wildman–Crippen MR) is 105 cm³/mol. The second-order valence-electron chi connectivity index (χ2n) is 7.29. The molecular formula is C22H24N2. The van der Waals surface area contributed by atoms with E-state index in [1.54, 1.807) is 0 Å². The summed E-state index contributed by atoms with van der Waals surface area (Å²) in [5.74, 6) is 0. The number of rotatable bonds is 2. The lowest BCUT2D eigenvalue weighted by molar-refractivity contribution is 0.590. The van der Waals surface area contributed by atoms with E-state index in [0.717, 1.165) is 11.4 Å². The van der Waals surface area contributed by atoms with Gasteiger partial charge in [-0.3, -0.25) is 0 Å². The summed E-state index contributed by atoms with van der Waals surface area (Å²) in [4.78, 5) is 0. The molecule has 122 valence electrons. The monoisotopic (exact) mass is 316 g/mol. The largest absolute Gasteiger partial charge is 0.399 e. The maximum absolute atomic E-state index is 5.83. The van der Waals surface area contributed by atoms with Gasteiger partial charge in [-0.1, -0.05) is 57.2 Å². The molecule has 0 unspecified atom stereocenters. The molecule has 0 atom stereocenters. The highest BCUT2D eigenvalue weighted by Gasteiger charge is 2.16. The Morgan fingerprint density at radius 3 is 1.25 bits per heavy atom. The number of benzene rings is 3. The first-order valence-corrected chi connectivity index (χ1v) is 8.20. The van der Waals surface area contributed by atoms with Gasteiger partial charge in [0.25, 0.3) is 0 Å². The Labute approximate surface area is 144 Å². The van der Waals surface area contributed by atoms with Gasteiger partial charge in [-0.25, -0.2) is 0 Å². The van der Waals surface area contributed by atoms with Gasteiger partial charge < -0.3 is 11.5 Å². The Morgan fingerprint density at radius 1 is 0.542 bits per heavy atom. The molecule has 0 heterocycles. The lowest BCUT2D eigenvalue weighted by Gasteiger charge is -2.22. The van der Waals surface area contributed by atoms with Gasteiger partial charge in [-0.2, -0.15) is 0 Å². The molecule has 4 N–H and O–H groups in total. The molecule has 3 aromatic carbocycles. The van der Waals surface area contributed by atoms with Crippen LogP contribution in [0.3, 0.4) is 0 Å². The minimum Gasteiger partial charge on any atom is -0.399 e. The molecule has 0 saturated carbocycles. The molecule has 0 aliphatic rings. The van der Waals surface area contributed by atoms with Crippen LogP contribution in [0.5, 0.6) is 0 Å². The summed E-state index contributed by atoms with van der Waals surface area (Å²) in [6, 6.07) is 22.8. The number of anilines is 2. The van der Waals surface area contributed by atoms with Crippen molar-refractivity contribution in [2.24, 2.45) is 0 Å². The van der Waals surface area contributed by atoms with Crippen LogP contribution in [-0.4, -0.2) is 0 Å². The van der Waals surface area contributed by atoms with E-state index in [1.165, 1.54) is 27.8 Å². The van der Waals surface area contributed by atoms with Crippen molar-refractivity contribution in [2.75, 3.05) is 11.5 Å². The zero-order valence-corrected chi connectivity index (χ0v) is 14.5. The van der Waals surface area contributed by atoms with Crippen LogP contribution < -0.4 is 11.5 Å². The highest BCUT2D eigenvalue weighted by molar-refractivity contribution is 5.75. The van der Waals surface area contributed by atoms with E-state index in [0.29, 0.717) is 0 Å². The number of nitrogens with two attached hydrogens (primary N) is 2. The summed E-state index contributed by atoms with van der Waals surface area (Å²) in [6.07, 6.45) is 0. The van der Waals surface area contributed by atoms with Crippen LogP contribution in [0, 0.1) is 0 Å². The molecular weight excluding hydrogens is 292 g/mol. The van der Waals surface area contributed by atoms with Crippen LogP contribution in [0.25, 0.3) is 22.3 Å². The molecule has 3 aromatic rings. The molecule has 0 radical (unpaired) electrons. The first kappa shape index (κ1) is 16.1. The fourth-order valence-corrected chi connectivity index (χ4v) is 2.75. The Morgan fingerprint density at radius 2 is 0.917 bits per heavy atom. The van der Waals surface area contributed by atoms with Gasteiger partial charge in [-0.15, -0.1) is 0 Å². The summed E-state index contributed by atoms with van der Waals surface area (Å²) in [5.41, 5.74) is 19.4. The van der Waals surface area contributed by atoms with Crippen LogP contribution in [-0.2, 0) is 5.41 Å². The average Bonchev–Trinajstić information content (AvgIpc) is 2.55. The smallest absolute Gasteiger partial charge is 0.0314 e.